The maximum Gasteiger partial charge on any atom is 0.490 e. The number of aromatic amines is 1. The second kappa shape index (κ2) is 14.5. The predicted molar refractivity (Wildman–Crippen MR) is 131 cm³/mol. The normalized spacial score (nSPS) is 20.5. The number of halogens is 6. The van der Waals surface area contributed by atoms with Crippen molar-refractivity contribution >= 4 is 11.9 Å². The van der Waals surface area contributed by atoms with Crippen LogP contribution in [0.25, 0.3) is 11.4 Å². The van der Waals surface area contributed by atoms with Crippen molar-refractivity contribution in [2.45, 2.75) is 63.7 Å². The first-order valence-corrected chi connectivity index (χ1v) is 12.4. The molecule has 40 heavy (non-hydrogen) atoms. The molecular formula is C25H32F6N4O5. The van der Waals surface area contributed by atoms with Crippen LogP contribution in [0.3, 0.4) is 0 Å². The van der Waals surface area contributed by atoms with E-state index >= 15 is 0 Å². The maximum atomic E-state index is 10.6. The minimum Gasteiger partial charge on any atom is -0.475 e. The van der Waals surface area contributed by atoms with Gasteiger partial charge in [0.1, 0.15) is 5.82 Å². The lowest BCUT2D eigenvalue weighted by atomic mass is 9.91. The van der Waals surface area contributed by atoms with Crippen LogP contribution in [0.2, 0.25) is 0 Å². The largest absolute Gasteiger partial charge is 0.490 e. The summed E-state index contributed by atoms with van der Waals surface area (Å²) in [7, 11) is 0. The van der Waals surface area contributed by atoms with E-state index in [1.54, 1.807) is 0 Å². The quantitative estimate of drug-likeness (QED) is 0.397. The number of hydrogen-bond donors (Lipinski definition) is 4. The summed E-state index contributed by atoms with van der Waals surface area (Å²) in [6.07, 6.45) is -5.73. The van der Waals surface area contributed by atoms with E-state index in [1.807, 2.05) is 18.2 Å². The monoisotopic (exact) mass is 582 g/mol. The van der Waals surface area contributed by atoms with Crippen molar-refractivity contribution in [2.24, 2.45) is 0 Å². The van der Waals surface area contributed by atoms with Gasteiger partial charge in [0.05, 0.1) is 11.8 Å². The number of nitrogens with one attached hydrogen (secondary N) is 1. The van der Waals surface area contributed by atoms with Crippen molar-refractivity contribution < 1.29 is 51.3 Å². The van der Waals surface area contributed by atoms with Gasteiger partial charge in [-0.05, 0) is 19.8 Å². The van der Waals surface area contributed by atoms with Crippen LogP contribution >= 0.6 is 0 Å². The lowest BCUT2D eigenvalue weighted by molar-refractivity contribution is -0.193. The molecule has 4 N–H and O–H groups in total. The number of aliphatic hydroxyl groups is 1. The smallest absolute Gasteiger partial charge is 0.475 e. The molecule has 1 aliphatic carbocycles. The van der Waals surface area contributed by atoms with Crippen molar-refractivity contribution in [3.8, 4) is 11.4 Å². The molecule has 2 aliphatic rings. The Labute approximate surface area is 226 Å². The number of imidazole rings is 1. The van der Waals surface area contributed by atoms with Crippen LogP contribution in [0.1, 0.15) is 37.1 Å². The zero-order valence-electron chi connectivity index (χ0n) is 21.7. The summed E-state index contributed by atoms with van der Waals surface area (Å²) >= 11 is 0. The summed E-state index contributed by atoms with van der Waals surface area (Å²) in [5.41, 5.74) is 3.45. The van der Waals surface area contributed by atoms with E-state index in [4.69, 9.17) is 24.8 Å². The molecule has 2 heterocycles. The van der Waals surface area contributed by atoms with Gasteiger partial charge in [0.25, 0.3) is 0 Å². The van der Waals surface area contributed by atoms with E-state index in [0.717, 1.165) is 68.3 Å². The van der Waals surface area contributed by atoms with Gasteiger partial charge in [0.15, 0.2) is 0 Å². The van der Waals surface area contributed by atoms with Crippen molar-refractivity contribution in [2.75, 3.05) is 26.2 Å². The van der Waals surface area contributed by atoms with Crippen molar-refractivity contribution in [3.05, 3.63) is 41.7 Å². The van der Waals surface area contributed by atoms with Crippen LogP contribution in [0.5, 0.6) is 0 Å². The SMILES string of the molecule is Cc1[nH]c(-c2ccccc2)nc1CN1CCN([C@H]2CCCC[C@@H]2O)CC1.O=C(O)C(F)(F)F.O=C(O)C(F)(F)F. The number of alkyl halides is 6. The Morgan fingerprint density at radius 2 is 1.43 bits per heavy atom. The summed E-state index contributed by atoms with van der Waals surface area (Å²) in [5, 5.41) is 24.6. The van der Waals surface area contributed by atoms with Gasteiger partial charge in [0, 0.05) is 50.0 Å². The Kier molecular flexibility index (Phi) is 11.9. The Bertz CT molecular complexity index is 1060. The Morgan fingerprint density at radius 1 is 0.925 bits per heavy atom. The molecule has 1 saturated carbocycles. The fourth-order valence-electron chi connectivity index (χ4n) is 4.37. The molecule has 0 spiro atoms. The highest BCUT2D eigenvalue weighted by Crippen LogP contribution is 2.25. The number of aryl methyl sites for hydroxylation is 1. The number of aromatic nitrogens is 2. The van der Waals surface area contributed by atoms with Gasteiger partial charge in [-0.25, -0.2) is 14.6 Å². The first-order valence-electron chi connectivity index (χ1n) is 12.4. The van der Waals surface area contributed by atoms with Gasteiger partial charge in [-0.3, -0.25) is 9.80 Å². The number of nitrogens with zero attached hydrogens (tertiary/aromatic N) is 3. The minimum atomic E-state index is -5.08. The molecule has 4 rings (SSSR count). The number of carboxylic acids is 2. The molecule has 2 fully saturated rings. The highest BCUT2D eigenvalue weighted by atomic mass is 19.4. The summed E-state index contributed by atoms with van der Waals surface area (Å²) in [4.78, 5) is 31.1. The Hall–Kier alpha value is -3.17. The average molecular weight is 583 g/mol. The van der Waals surface area contributed by atoms with Crippen molar-refractivity contribution in [1.29, 1.82) is 0 Å². The van der Waals surface area contributed by atoms with E-state index in [1.165, 1.54) is 12.8 Å². The van der Waals surface area contributed by atoms with E-state index < -0.39 is 24.3 Å². The molecule has 224 valence electrons. The van der Waals surface area contributed by atoms with Crippen LogP contribution in [-0.2, 0) is 16.1 Å². The third-order valence-electron chi connectivity index (χ3n) is 6.46. The fourth-order valence-corrected chi connectivity index (χ4v) is 4.37. The van der Waals surface area contributed by atoms with Gasteiger partial charge < -0.3 is 20.3 Å². The molecule has 0 amide bonds. The van der Waals surface area contributed by atoms with Gasteiger partial charge in [-0.1, -0.05) is 43.2 Å². The zero-order valence-corrected chi connectivity index (χ0v) is 21.7. The van der Waals surface area contributed by atoms with Gasteiger partial charge in [-0.2, -0.15) is 26.3 Å². The standard InChI is InChI=1S/C21H30N4O.2C2HF3O2/c1-16-18(23-21(22-16)17-7-3-2-4-8-17)15-24-11-13-25(14-12-24)19-9-5-6-10-20(19)26;2*3-2(4,5)1(6)7/h2-4,7-8,19-20,26H,5-6,9-15H2,1H3,(H,22,23);2*(H,6,7)/t19-,20-;;/m0../s1. The molecule has 0 unspecified atom stereocenters. The van der Waals surface area contributed by atoms with Crippen LogP contribution in [0.15, 0.2) is 30.3 Å². The second-order valence-corrected chi connectivity index (χ2v) is 9.36. The summed E-state index contributed by atoms with van der Waals surface area (Å²) in [5.74, 6) is -4.55. The summed E-state index contributed by atoms with van der Waals surface area (Å²) in [6.45, 7) is 7.22. The number of carboxylic acid groups (broad SMARTS) is 2. The van der Waals surface area contributed by atoms with Crippen LogP contribution < -0.4 is 0 Å². The first-order chi connectivity index (χ1) is 18.6. The molecule has 2 aromatic rings. The average Bonchev–Trinajstić information content (AvgIpc) is 3.25. The van der Waals surface area contributed by atoms with E-state index in [-0.39, 0.29) is 6.10 Å². The second-order valence-electron chi connectivity index (χ2n) is 9.36. The summed E-state index contributed by atoms with van der Waals surface area (Å²) < 4.78 is 63.5. The van der Waals surface area contributed by atoms with Crippen LogP contribution in [0, 0.1) is 6.92 Å². The molecule has 2 atom stereocenters. The number of H-pyrrole nitrogens is 1. The van der Waals surface area contributed by atoms with E-state index in [0.29, 0.717) is 6.04 Å². The molecule has 0 bridgehead atoms. The molecule has 0 radical (unpaired) electrons. The zero-order chi connectivity index (χ0) is 30.1. The molecule has 1 aromatic carbocycles. The maximum absolute atomic E-state index is 10.6. The predicted octanol–water partition coefficient (Wildman–Crippen LogP) is 4.07. The number of aliphatic carboxylic acids is 2. The molecule has 1 aromatic heterocycles. The molecular weight excluding hydrogens is 550 g/mol. The number of hydrogen-bond acceptors (Lipinski definition) is 6. The number of benzene rings is 1. The Balaban J connectivity index is 0.000000333. The highest BCUT2D eigenvalue weighted by molar-refractivity contribution is 5.73. The number of piperazine rings is 1. The van der Waals surface area contributed by atoms with Crippen LogP contribution in [0.4, 0.5) is 26.3 Å². The number of aliphatic hydroxyl groups excluding tert-OH is 1. The topological polar surface area (TPSA) is 130 Å². The number of rotatable bonds is 4. The third-order valence-corrected chi connectivity index (χ3v) is 6.46. The van der Waals surface area contributed by atoms with Gasteiger partial charge >= 0.3 is 24.3 Å². The first kappa shape index (κ1) is 33.0. The molecule has 1 aliphatic heterocycles. The molecule has 1 saturated heterocycles. The van der Waals surface area contributed by atoms with E-state index in [2.05, 4.69) is 33.8 Å². The van der Waals surface area contributed by atoms with Crippen LogP contribution in [-0.4, -0.2) is 97.7 Å². The minimum absolute atomic E-state index is 0.127. The Morgan fingerprint density at radius 3 is 1.90 bits per heavy atom. The van der Waals surface area contributed by atoms with Gasteiger partial charge in [-0.15, -0.1) is 0 Å². The molecule has 9 nitrogen and oxygen atoms in total. The lowest BCUT2D eigenvalue weighted by Gasteiger charge is -2.42. The van der Waals surface area contributed by atoms with E-state index in [9.17, 15) is 31.4 Å². The number of carbonyl (C=O) groups is 2. The summed E-state index contributed by atoms with van der Waals surface area (Å²) in [6, 6.07) is 10.7. The fraction of sp³-hybridized carbons (Fsp3) is 0.560. The highest BCUT2D eigenvalue weighted by Gasteiger charge is 2.39. The lowest BCUT2D eigenvalue weighted by Crippen LogP contribution is -2.54. The van der Waals surface area contributed by atoms with Crippen molar-refractivity contribution in [1.82, 2.24) is 19.8 Å². The van der Waals surface area contributed by atoms with Crippen molar-refractivity contribution in [3.63, 3.8) is 0 Å². The molecule has 15 heteroatoms. The van der Waals surface area contributed by atoms with Gasteiger partial charge in [0.2, 0.25) is 0 Å². The third kappa shape index (κ3) is 10.4.